The van der Waals surface area contributed by atoms with Crippen LogP contribution >= 0.6 is 23.4 Å². The van der Waals surface area contributed by atoms with Crippen LogP contribution in [0.2, 0.25) is 5.02 Å². The summed E-state index contributed by atoms with van der Waals surface area (Å²) in [6.07, 6.45) is 0. The number of halogens is 1. The minimum absolute atomic E-state index is 0.108. The van der Waals surface area contributed by atoms with E-state index in [1.54, 1.807) is 6.07 Å². The Kier molecular flexibility index (Phi) is 5.92. The number of nitrogens with one attached hydrogen (secondary N) is 1. The molecular formula is C22H20ClN5OS. The number of rotatable bonds is 6. The van der Waals surface area contributed by atoms with Gasteiger partial charge in [0.05, 0.1) is 16.8 Å². The summed E-state index contributed by atoms with van der Waals surface area (Å²) in [6, 6.07) is 21.5. The van der Waals surface area contributed by atoms with E-state index in [9.17, 15) is 4.79 Å². The maximum absolute atomic E-state index is 12.5. The number of fused-ring (bicyclic) bond motifs is 1. The van der Waals surface area contributed by atoms with Crippen molar-refractivity contribution < 1.29 is 4.79 Å². The van der Waals surface area contributed by atoms with Crippen LogP contribution < -0.4 is 11.2 Å². The number of thioether (sulfide) groups is 1. The molecule has 0 saturated heterocycles. The zero-order valence-corrected chi connectivity index (χ0v) is 17.8. The standard InChI is InChI=1S/C22H20ClN5OS/c1-14(16-11-10-15-6-2-3-7-17(15)12-16)25-20(29)13-30-22-27-26-21(28(22)24)18-8-4-5-9-19(18)23/h2-12,14H,13,24H2,1H3,(H,25,29). The summed E-state index contributed by atoms with van der Waals surface area (Å²) in [4.78, 5) is 12.5. The van der Waals surface area contributed by atoms with Gasteiger partial charge in [0.25, 0.3) is 0 Å². The number of amides is 1. The SMILES string of the molecule is CC(NC(=O)CSc1nnc(-c2ccccc2Cl)n1N)c1ccc2ccccc2c1. The van der Waals surface area contributed by atoms with Gasteiger partial charge in [-0.25, -0.2) is 4.68 Å². The Morgan fingerprint density at radius 2 is 1.83 bits per heavy atom. The van der Waals surface area contributed by atoms with Gasteiger partial charge in [0.15, 0.2) is 5.82 Å². The topological polar surface area (TPSA) is 85.8 Å². The first-order chi connectivity index (χ1) is 14.5. The van der Waals surface area contributed by atoms with Crippen LogP contribution in [0.1, 0.15) is 18.5 Å². The van der Waals surface area contributed by atoms with Gasteiger partial charge in [-0.3, -0.25) is 4.79 Å². The van der Waals surface area contributed by atoms with Gasteiger partial charge >= 0.3 is 0 Å². The van der Waals surface area contributed by atoms with Gasteiger partial charge in [-0.05, 0) is 41.5 Å². The third-order valence-electron chi connectivity index (χ3n) is 4.76. The Bertz CT molecular complexity index is 1210. The number of carbonyl (C=O) groups excluding carboxylic acids is 1. The van der Waals surface area contributed by atoms with Crippen molar-refractivity contribution in [3.05, 3.63) is 77.3 Å². The fourth-order valence-electron chi connectivity index (χ4n) is 3.18. The van der Waals surface area contributed by atoms with Crippen LogP contribution in [0.25, 0.3) is 22.2 Å². The zero-order chi connectivity index (χ0) is 21.1. The lowest BCUT2D eigenvalue weighted by molar-refractivity contribution is -0.119. The van der Waals surface area contributed by atoms with Crippen molar-refractivity contribution in [2.45, 2.75) is 18.1 Å². The molecule has 0 bridgehead atoms. The Labute approximate surface area is 183 Å². The summed E-state index contributed by atoms with van der Waals surface area (Å²) in [5, 5.41) is 14.5. The molecule has 0 aliphatic rings. The number of nitrogens with two attached hydrogens (primary N) is 1. The van der Waals surface area contributed by atoms with Gasteiger partial charge < -0.3 is 11.2 Å². The van der Waals surface area contributed by atoms with Gasteiger partial charge in [0.1, 0.15) is 0 Å². The van der Waals surface area contributed by atoms with Crippen molar-refractivity contribution in [2.24, 2.45) is 0 Å². The summed E-state index contributed by atoms with van der Waals surface area (Å²) >= 11 is 7.44. The molecule has 0 fully saturated rings. The second kappa shape index (κ2) is 8.77. The van der Waals surface area contributed by atoms with E-state index in [0.29, 0.717) is 21.6 Å². The highest BCUT2D eigenvalue weighted by Crippen LogP contribution is 2.27. The van der Waals surface area contributed by atoms with E-state index in [1.807, 2.05) is 43.3 Å². The van der Waals surface area contributed by atoms with E-state index in [0.717, 1.165) is 10.9 Å². The largest absolute Gasteiger partial charge is 0.349 e. The highest BCUT2D eigenvalue weighted by atomic mass is 35.5. The molecule has 30 heavy (non-hydrogen) atoms. The molecule has 4 rings (SSSR count). The predicted molar refractivity (Wildman–Crippen MR) is 122 cm³/mol. The minimum Gasteiger partial charge on any atom is -0.349 e. The molecule has 0 radical (unpaired) electrons. The van der Waals surface area contributed by atoms with E-state index in [1.165, 1.54) is 21.8 Å². The van der Waals surface area contributed by atoms with Gasteiger partial charge in [0, 0.05) is 5.56 Å². The average Bonchev–Trinajstić information content (AvgIpc) is 3.12. The summed E-state index contributed by atoms with van der Waals surface area (Å²) in [5.41, 5.74) is 1.74. The molecule has 3 aromatic carbocycles. The molecule has 1 atom stereocenters. The van der Waals surface area contributed by atoms with Crippen LogP contribution in [0.5, 0.6) is 0 Å². The molecule has 3 N–H and O–H groups in total. The first-order valence-electron chi connectivity index (χ1n) is 9.39. The summed E-state index contributed by atoms with van der Waals surface area (Å²) in [6.45, 7) is 1.97. The number of nitrogens with zero attached hydrogens (tertiary/aromatic N) is 3. The number of hydrogen-bond donors (Lipinski definition) is 2. The number of nitrogen functional groups attached to an aromatic ring is 1. The molecule has 0 spiro atoms. The normalized spacial score (nSPS) is 12.1. The molecule has 0 aliphatic carbocycles. The first-order valence-corrected chi connectivity index (χ1v) is 10.8. The Hall–Kier alpha value is -3.03. The van der Waals surface area contributed by atoms with Crippen LogP contribution in [0.15, 0.2) is 71.9 Å². The molecule has 6 nitrogen and oxygen atoms in total. The summed E-state index contributed by atoms with van der Waals surface area (Å²) in [7, 11) is 0. The fraction of sp³-hybridized carbons (Fsp3) is 0.136. The molecule has 4 aromatic rings. The van der Waals surface area contributed by atoms with Crippen molar-refractivity contribution in [3.63, 3.8) is 0 Å². The van der Waals surface area contributed by atoms with Crippen molar-refractivity contribution >= 4 is 40.0 Å². The summed E-state index contributed by atoms with van der Waals surface area (Å²) in [5.74, 6) is 6.64. The monoisotopic (exact) mass is 437 g/mol. The number of hydrogen-bond acceptors (Lipinski definition) is 5. The molecule has 0 aliphatic heterocycles. The second-order valence-corrected chi connectivity index (χ2v) is 8.19. The van der Waals surface area contributed by atoms with Crippen LogP contribution in [-0.2, 0) is 4.79 Å². The molecular weight excluding hydrogens is 418 g/mol. The number of aromatic nitrogens is 3. The first kappa shape index (κ1) is 20.3. The predicted octanol–water partition coefficient (Wildman–Crippen LogP) is 4.44. The summed E-state index contributed by atoms with van der Waals surface area (Å²) < 4.78 is 1.35. The van der Waals surface area contributed by atoms with E-state index in [4.69, 9.17) is 17.4 Å². The molecule has 152 valence electrons. The number of carbonyl (C=O) groups is 1. The zero-order valence-electron chi connectivity index (χ0n) is 16.2. The average molecular weight is 438 g/mol. The maximum atomic E-state index is 12.5. The second-order valence-electron chi connectivity index (χ2n) is 6.84. The van der Waals surface area contributed by atoms with E-state index in [-0.39, 0.29) is 17.7 Å². The van der Waals surface area contributed by atoms with Crippen molar-refractivity contribution in [2.75, 3.05) is 11.6 Å². The minimum atomic E-state index is -0.114. The lowest BCUT2D eigenvalue weighted by atomic mass is 10.0. The van der Waals surface area contributed by atoms with E-state index < -0.39 is 0 Å². The van der Waals surface area contributed by atoms with Gasteiger partial charge in [-0.1, -0.05) is 71.9 Å². The lowest BCUT2D eigenvalue weighted by Gasteiger charge is -2.15. The molecule has 1 unspecified atom stereocenters. The maximum Gasteiger partial charge on any atom is 0.230 e. The van der Waals surface area contributed by atoms with Gasteiger partial charge in [-0.15, -0.1) is 10.2 Å². The van der Waals surface area contributed by atoms with Gasteiger partial charge in [-0.2, -0.15) is 0 Å². The lowest BCUT2D eigenvalue weighted by Crippen LogP contribution is -2.28. The highest BCUT2D eigenvalue weighted by molar-refractivity contribution is 7.99. The molecule has 1 heterocycles. The van der Waals surface area contributed by atoms with E-state index in [2.05, 4.69) is 39.8 Å². The van der Waals surface area contributed by atoms with Crippen LogP contribution in [0.3, 0.4) is 0 Å². The Morgan fingerprint density at radius 3 is 2.63 bits per heavy atom. The van der Waals surface area contributed by atoms with Crippen LogP contribution in [-0.4, -0.2) is 26.5 Å². The van der Waals surface area contributed by atoms with Crippen molar-refractivity contribution in [1.29, 1.82) is 0 Å². The van der Waals surface area contributed by atoms with Crippen LogP contribution in [0, 0.1) is 0 Å². The van der Waals surface area contributed by atoms with Gasteiger partial charge in [0.2, 0.25) is 11.1 Å². The highest BCUT2D eigenvalue weighted by Gasteiger charge is 2.16. The quantitative estimate of drug-likeness (QED) is 0.344. The van der Waals surface area contributed by atoms with E-state index >= 15 is 0 Å². The molecule has 1 aromatic heterocycles. The molecule has 1 amide bonds. The fourth-order valence-corrected chi connectivity index (χ4v) is 4.06. The Morgan fingerprint density at radius 1 is 1.10 bits per heavy atom. The van der Waals surface area contributed by atoms with Crippen molar-refractivity contribution in [1.82, 2.24) is 20.2 Å². The van der Waals surface area contributed by atoms with Crippen LogP contribution in [0.4, 0.5) is 0 Å². The van der Waals surface area contributed by atoms with Crippen molar-refractivity contribution in [3.8, 4) is 11.4 Å². The molecule has 0 saturated carbocycles. The Balaban J connectivity index is 1.39. The number of benzene rings is 3. The molecule has 8 heteroatoms. The smallest absolute Gasteiger partial charge is 0.230 e. The third kappa shape index (κ3) is 4.27. The third-order valence-corrected chi connectivity index (χ3v) is 6.04.